The summed E-state index contributed by atoms with van der Waals surface area (Å²) in [4.78, 5) is 5.58. The summed E-state index contributed by atoms with van der Waals surface area (Å²) in [5, 5.41) is 0.993. The summed E-state index contributed by atoms with van der Waals surface area (Å²) in [7, 11) is 1.69. The molecule has 1 heterocycles. The Bertz CT molecular complexity index is 294. The van der Waals surface area contributed by atoms with E-state index in [2.05, 4.69) is 4.98 Å². The Morgan fingerprint density at radius 2 is 2.15 bits per heavy atom. The fourth-order valence-corrected chi connectivity index (χ4v) is 1.98. The molecule has 0 aliphatic rings. The smallest absolute Gasteiger partial charge is 0.125 e. The molecule has 2 N–H and O–H groups in total. The first kappa shape index (κ1) is 10.6. The molecule has 0 aliphatic heterocycles. The van der Waals surface area contributed by atoms with Crippen molar-refractivity contribution in [2.75, 3.05) is 7.11 Å². The molecule has 1 aromatic rings. The molecule has 0 fully saturated rings. The van der Waals surface area contributed by atoms with E-state index in [4.69, 9.17) is 10.5 Å². The van der Waals surface area contributed by atoms with Crippen LogP contribution in [0.4, 0.5) is 0 Å². The lowest BCUT2D eigenvalue weighted by Gasteiger charge is -2.19. The Balaban J connectivity index is 3.03. The lowest BCUT2D eigenvalue weighted by molar-refractivity contribution is 0.0189. The number of aryl methyl sites for hydroxylation is 1. The highest BCUT2D eigenvalue weighted by atomic mass is 32.1. The average Bonchev–Trinajstić information content (AvgIpc) is 2.47. The number of ether oxygens (including phenoxy) is 1. The number of methoxy groups -OCH3 is 1. The molecule has 0 saturated carbocycles. The number of aromatic nitrogens is 1. The van der Waals surface area contributed by atoms with Gasteiger partial charge in [0.1, 0.15) is 10.6 Å². The van der Waals surface area contributed by atoms with Gasteiger partial charge in [0, 0.05) is 18.5 Å². The Morgan fingerprint density at radius 3 is 2.54 bits per heavy atom. The van der Waals surface area contributed by atoms with E-state index in [0.29, 0.717) is 6.54 Å². The van der Waals surface area contributed by atoms with Crippen molar-refractivity contribution in [1.82, 2.24) is 4.98 Å². The Kier molecular flexibility index (Phi) is 3.05. The first-order chi connectivity index (χ1) is 6.01. The van der Waals surface area contributed by atoms with Gasteiger partial charge in [0.25, 0.3) is 0 Å². The lowest BCUT2D eigenvalue weighted by atomic mass is 10.1. The molecule has 0 spiro atoms. The van der Waals surface area contributed by atoms with Crippen molar-refractivity contribution in [3.05, 3.63) is 15.6 Å². The Morgan fingerprint density at radius 1 is 1.54 bits per heavy atom. The topological polar surface area (TPSA) is 48.1 Å². The van der Waals surface area contributed by atoms with E-state index < -0.39 is 0 Å². The van der Waals surface area contributed by atoms with E-state index in [1.54, 1.807) is 18.4 Å². The minimum atomic E-state index is -0.303. The maximum Gasteiger partial charge on any atom is 0.125 e. The highest BCUT2D eigenvalue weighted by molar-refractivity contribution is 7.11. The standard InChI is InChI=1S/C9H16N2OS/c1-6-7(5-10)13-8(11-6)9(2,3)12-4/h5,10H2,1-4H3. The van der Waals surface area contributed by atoms with Crippen molar-refractivity contribution < 1.29 is 4.74 Å². The summed E-state index contributed by atoms with van der Waals surface area (Å²) in [6.07, 6.45) is 0. The summed E-state index contributed by atoms with van der Waals surface area (Å²) in [5.41, 5.74) is 6.30. The molecule has 74 valence electrons. The minimum absolute atomic E-state index is 0.303. The van der Waals surface area contributed by atoms with E-state index in [1.807, 2.05) is 20.8 Å². The van der Waals surface area contributed by atoms with Crippen LogP contribution in [0.5, 0.6) is 0 Å². The number of rotatable bonds is 3. The van der Waals surface area contributed by atoms with Crippen molar-refractivity contribution in [3.8, 4) is 0 Å². The summed E-state index contributed by atoms with van der Waals surface area (Å²) < 4.78 is 5.34. The molecule has 4 heteroatoms. The molecule has 1 rings (SSSR count). The largest absolute Gasteiger partial charge is 0.372 e. The zero-order valence-corrected chi connectivity index (χ0v) is 9.36. The number of hydrogen-bond acceptors (Lipinski definition) is 4. The average molecular weight is 200 g/mol. The fourth-order valence-electron chi connectivity index (χ4n) is 0.962. The van der Waals surface area contributed by atoms with Gasteiger partial charge in [-0.3, -0.25) is 0 Å². The maximum atomic E-state index is 5.58. The molecular weight excluding hydrogens is 184 g/mol. The second-order valence-corrected chi connectivity index (χ2v) is 4.53. The molecule has 0 atom stereocenters. The Hall–Kier alpha value is -0.450. The predicted molar refractivity (Wildman–Crippen MR) is 54.8 cm³/mol. The zero-order valence-electron chi connectivity index (χ0n) is 8.55. The van der Waals surface area contributed by atoms with Crippen LogP contribution in [0.1, 0.15) is 29.4 Å². The molecule has 0 radical (unpaired) electrons. The molecule has 13 heavy (non-hydrogen) atoms. The van der Waals surface area contributed by atoms with Crippen molar-refractivity contribution in [2.24, 2.45) is 5.73 Å². The van der Waals surface area contributed by atoms with Crippen LogP contribution in [0.25, 0.3) is 0 Å². The van der Waals surface area contributed by atoms with Crippen LogP contribution in [0, 0.1) is 6.92 Å². The van der Waals surface area contributed by atoms with E-state index in [0.717, 1.165) is 15.6 Å². The first-order valence-corrected chi connectivity index (χ1v) is 5.05. The van der Waals surface area contributed by atoms with Crippen molar-refractivity contribution >= 4 is 11.3 Å². The monoisotopic (exact) mass is 200 g/mol. The minimum Gasteiger partial charge on any atom is -0.372 e. The van der Waals surface area contributed by atoms with Crippen LogP contribution in [0.2, 0.25) is 0 Å². The molecule has 0 amide bonds. The highest BCUT2D eigenvalue weighted by Gasteiger charge is 2.24. The van der Waals surface area contributed by atoms with Crippen LogP contribution in [0.3, 0.4) is 0 Å². The summed E-state index contributed by atoms with van der Waals surface area (Å²) in [5.74, 6) is 0. The number of hydrogen-bond donors (Lipinski definition) is 1. The third kappa shape index (κ3) is 2.07. The van der Waals surface area contributed by atoms with Gasteiger partial charge in [-0.25, -0.2) is 4.98 Å². The van der Waals surface area contributed by atoms with Gasteiger partial charge in [0.05, 0.1) is 5.69 Å². The summed E-state index contributed by atoms with van der Waals surface area (Å²) in [6, 6.07) is 0. The maximum absolute atomic E-state index is 5.58. The molecule has 3 nitrogen and oxygen atoms in total. The quantitative estimate of drug-likeness (QED) is 0.809. The van der Waals surface area contributed by atoms with Gasteiger partial charge in [-0.05, 0) is 20.8 Å². The van der Waals surface area contributed by atoms with Gasteiger partial charge in [0.15, 0.2) is 0 Å². The Labute approximate surface area is 82.9 Å². The predicted octanol–water partition coefficient (Wildman–Crippen LogP) is 1.79. The van der Waals surface area contributed by atoms with Crippen molar-refractivity contribution in [3.63, 3.8) is 0 Å². The van der Waals surface area contributed by atoms with E-state index in [1.165, 1.54) is 0 Å². The molecular formula is C9H16N2OS. The van der Waals surface area contributed by atoms with E-state index in [-0.39, 0.29) is 5.60 Å². The molecule has 0 saturated heterocycles. The van der Waals surface area contributed by atoms with Gasteiger partial charge < -0.3 is 10.5 Å². The molecule has 0 unspecified atom stereocenters. The van der Waals surface area contributed by atoms with Crippen LogP contribution in [-0.2, 0) is 16.9 Å². The third-order valence-electron chi connectivity index (χ3n) is 2.10. The van der Waals surface area contributed by atoms with Crippen molar-refractivity contribution in [2.45, 2.75) is 32.9 Å². The normalized spacial score (nSPS) is 12.1. The van der Waals surface area contributed by atoms with Gasteiger partial charge in [-0.2, -0.15) is 0 Å². The van der Waals surface area contributed by atoms with Crippen LogP contribution in [-0.4, -0.2) is 12.1 Å². The van der Waals surface area contributed by atoms with Gasteiger partial charge in [-0.15, -0.1) is 11.3 Å². The second-order valence-electron chi connectivity index (χ2n) is 3.45. The number of thiazole rings is 1. The van der Waals surface area contributed by atoms with Crippen molar-refractivity contribution in [1.29, 1.82) is 0 Å². The van der Waals surface area contributed by atoms with Gasteiger partial charge in [-0.1, -0.05) is 0 Å². The highest BCUT2D eigenvalue weighted by Crippen LogP contribution is 2.29. The summed E-state index contributed by atoms with van der Waals surface area (Å²) in [6.45, 7) is 6.55. The van der Waals surface area contributed by atoms with E-state index in [9.17, 15) is 0 Å². The second kappa shape index (κ2) is 3.74. The van der Waals surface area contributed by atoms with Crippen LogP contribution in [0.15, 0.2) is 0 Å². The zero-order chi connectivity index (χ0) is 10.1. The van der Waals surface area contributed by atoms with Crippen LogP contribution < -0.4 is 5.73 Å². The number of nitrogens with zero attached hydrogens (tertiary/aromatic N) is 1. The molecule has 0 bridgehead atoms. The van der Waals surface area contributed by atoms with E-state index >= 15 is 0 Å². The van der Waals surface area contributed by atoms with Gasteiger partial charge >= 0.3 is 0 Å². The first-order valence-electron chi connectivity index (χ1n) is 4.23. The third-order valence-corrected chi connectivity index (χ3v) is 3.59. The molecule has 0 aromatic carbocycles. The molecule has 1 aromatic heterocycles. The molecule has 0 aliphatic carbocycles. The summed E-state index contributed by atoms with van der Waals surface area (Å²) >= 11 is 1.63. The SMILES string of the molecule is COC(C)(C)c1nc(C)c(CN)s1. The fraction of sp³-hybridized carbons (Fsp3) is 0.667. The van der Waals surface area contributed by atoms with Gasteiger partial charge in [0.2, 0.25) is 0 Å². The number of nitrogens with two attached hydrogens (primary N) is 1. The lowest BCUT2D eigenvalue weighted by Crippen LogP contribution is -2.18. The van der Waals surface area contributed by atoms with Crippen LogP contribution >= 0.6 is 11.3 Å².